The van der Waals surface area contributed by atoms with Crippen LogP contribution in [0, 0.1) is 0 Å². The van der Waals surface area contributed by atoms with Crippen LogP contribution in [0.3, 0.4) is 0 Å². The van der Waals surface area contributed by atoms with Gasteiger partial charge in [-0.05, 0) is 38.1 Å². The monoisotopic (exact) mass is 344 g/mol. The Morgan fingerprint density at radius 3 is 2.80 bits per heavy atom. The minimum Gasteiger partial charge on any atom is -0.367 e. The van der Waals surface area contributed by atoms with Crippen molar-refractivity contribution in [3.63, 3.8) is 0 Å². The van der Waals surface area contributed by atoms with Crippen molar-refractivity contribution in [2.24, 2.45) is 0 Å². The number of halogens is 2. The topological polar surface area (TPSA) is 67.1 Å². The molecule has 0 saturated carbocycles. The van der Waals surface area contributed by atoms with E-state index in [0.717, 1.165) is 31.7 Å². The maximum absolute atomic E-state index is 12.9. The molecule has 3 aromatic rings. The molecule has 6 nitrogen and oxygen atoms in total. The van der Waals surface area contributed by atoms with Gasteiger partial charge in [0.05, 0.1) is 23.8 Å². The van der Waals surface area contributed by atoms with Crippen LogP contribution in [0.25, 0.3) is 17.0 Å². The summed E-state index contributed by atoms with van der Waals surface area (Å²) in [6.07, 6.45) is 3.76. The lowest BCUT2D eigenvalue weighted by Gasteiger charge is -2.24. The summed E-state index contributed by atoms with van der Waals surface area (Å²) in [5.74, 6) is 0.780. The molecule has 0 aromatic carbocycles. The van der Waals surface area contributed by atoms with Gasteiger partial charge >= 0.3 is 0 Å². The predicted molar refractivity (Wildman–Crippen MR) is 90.7 cm³/mol. The number of aromatic nitrogens is 4. The summed E-state index contributed by atoms with van der Waals surface area (Å²) in [4.78, 5) is 12.6. The molecular weight excluding hydrogens is 326 g/mol. The highest BCUT2D eigenvalue weighted by Crippen LogP contribution is 2.23. The molecule has 1 aliphatic heterocycles. The van der Waals surface area contributed by atoms with Crippen LogP contribution in [0.4, 0.5) is 14.6 Å². The van der Waals surface area contributed by atoms with Crippen molar-refractivity contribution >= 4 is 11.5 Å². The molecule has 4 heterocycles. The largest absolute Gasteiger partial charge is 0.367 e. The van der Waals surface area contributed by atoms with E-state index in [2.05, 4.69) is 25.6 Å². The van der Waals surface area contributed by atoms with Gasteiger partial charge < -0.3 is 10.6 Å². The molecule has 0 aliphatic carbocycles. The second-order valence-corrected chi connectivity index (χ2v) is 6.06. The molecule has 0 bridgehead atoms. The molecule has 8 heteroatoms. The van der Waals surface area contributed by atoms with Gasteiger partial charge in [0.1, 0.15) is 11.5 Å². The summed E-state index contributed by atoms with van der Waals surface area (Å²) in [5.41, 5.74) is 1.57. The molecule has 130 valence electrons. The molecule has 1 aliphatic rings. The first kappa shape index (κ1) is 15.9. The number of rotatable bonds is 4. The van der Waals surface area contributed by atoms with Crippen molar-refractivity contribution in [1.29, 1.82) is 0 Å². The van der Waals surface area contributed by atoms with Gasteiger partial charge in [-0.2, -0.15) is 0 Å². The Labute approximate surface area is 143 Å². The fraction of sp³-hybridized carbons (Fsp3) is 0.353. The number of alkyl halides is 2. The standard InChI is InChI=1S/C17H18F2N6/c18-17(19)13-10-25-14(8-22-16(25)9-21-13)12-2-1-3-15(24-12)23-11-4-6-20-7-5-11/h1-3,8-11,17,20H,4-7H2,(H,23,24). The van der Waals surface area contributed by atoms with E-state index >= 15 is 0 Å². The fourth-order valence-electron chi connectivity index (χ4n) is 3.04. The zero-order chi connectivity index (χ0) is 17.2. The number of hydrogen-bond donors (Lipinski definition) is 2. The Bertz CT molecular complexity index is 872. The first-order valence-electron chi connectivity index (χ1n) is 8.26. The summed E-state index contributed by atoms with van der Waals surface area (Å²) in [7, 11) is 0. The summed E-state index contributed by atoms with van der Waals surface area (Å²) in [5, 5.41) is 6.78. The molecule has 4 rings (SSSR count). The zero-order valence-electron chi connectivity index (χ0n) is 13.5. The van der Waals surface area contributed by atoms with Crippen LogP contribution in [0.15, 0.2) is 36.8 Å². The van der Waals surface area contributed by atoms with Crippen LogP contribution < -0.4 is 10.6 Å². The maximum atomic E-state index is 12.9. The van der Waals surface area contributed by atoms with Gasteiger partial charge in [-0.1, -0.05) is 6.07 Å². The lowest BCUT2D eigenvalue weighted by Crippen LogP contribution is -2.35. The number of hydrogen-bond acceptors (Lipinski definition) is 5. The van der Waals surface area contributed by atoms with Crippen LogP contribution in [0.2, 0.25) is 0 Å². The Kier molecular flexibility index (Phi) is 4.27. The molecular formula is C17H18F2N6. The number of fused-ring (bicyclic) bond motifs is 1. The van der Waals surface area contributed by atoms with E-state index in [1.165, 1.54) is 12.4 Å². The second-order valence-electron chi connectivity index (χ2n) is 6.06. The molecule has 0 atom stereocenters. The van der Waals surface area contributed by atoms with Gasteiger partial charge in [0, 0.05) is 12.2 Å². The van der Waals surface area contributed by atoms with Gasteiger partial charge in [-0.3, -0.25) is 4.40 Å². The van der Waals surface area contributed by atoms with Crippen molar-refractivity contribution in [3.05, 3.63) is 42.5 Å². The first-order chi connectivity index (χ1) is 12.2. The summed E-state index contributed by atoms with van der Waals surface area (Å²) < 4.78 is 27.5. The van der Waals surface area contributed by atoms with Gasteiger partial charge in [-0.25, -0.2) is 23.7 Å². The Balaban J connectivity index is 1.66. The average Bonchev–Trinajstić information content (AvgIpc) is 3.06. The van der Waals surface area contributed by atoms with E-state index in [-0.39, 0.29) is 5.69 Å². The highest BCUT2D eigenvalue weighted by atomic mass is 19.3. The van der Waals surface area contributed by atoms with Crippen molar-refractivity contribution < 1.29 is 8.78 Å². The molecule has 0 radical (unpaired) electrons. The first-order valence-corrected chi connectivity index (χ1v) is 8.26. The van der Waals surface area contributed by atoms with Gasteiger partial charge in [0.15, 0.2) is 5.65 Å². The summed E-state index contributed by atoms with van der Waals surface area (Å²) >= 11 is 0. The van der Waals surface area contributed by atoms with E-state index in [9.17, 15) is 8.78 Å². The highest BCUT2D eigenvalue weighted by Gasteiger charge is 2.15. The molecule has 0 spiro atoms. The number of imidazole rings is 1. The van der Waals surface area contributed by atoms with Crippen LogP contribution in [-0.2, 0) is 0 Å². The molecule has 0 unspecified atom stereocenters. The number of pyridine rings is 1. The fourth-order valence-corrected chi connectivity index (χ4v) is 3.04. The summed E-state index contributed by atoms with van der Waals surface area (Å²) in [6, 6.07) is 6.06. The van der Waals surface area contributed by atoms with Gasteiger partial charge in [0.2, 0.25) is 0 Å². The third-order valence-corrected chi connectivity index (χ3v) is 4.34. The molecule has 0 amide bonds. The molecule has 1 fully saturated rings. The maximum Gasteiger partial charge on any atom is 0.281 e. The zero-order valence-corrected chi connectivity index (χ0v) is 13.5. The van der Waals surface area contributed by atoms with Crippen molar-refractivity contribution in [2.45, 2.75) is 25.3 Å². The van der Waals surface area contributed by atoms with Crippen molar-refractivity contribution in [1.82, 2.24) is 24.7 Å². The van der Waals surface area contributed by atoms with Crippen LogP contribution in [0.5, 0.6) is 0 Å². The highest BCUT2D eigenvalue weighted by molar-refractivity contribution is 5.61. The quantitative estimate of drug-likeness (QED) is 0.762. The van der Waals surface area contributed by atoms with Gasteiger partial charge in [0.25, 0.3) is 6.43 Å². The van der Waals surface area contributed by atoms with E-state index in [1.807, 2.05) is 18.2 Å². The van der Waals surface area contributed by atoms with Crippen LogP contribution in [-0.4, -0.2) is 38.5 Å². The summed E-state index contributed by atoms with van der Waals surface area (Å²) in [6.45, 7) is 1.99. The minimum absolute atomic E-state index is 0.282. The lowest BCUT2D eigenvalue weighted by molar-refractivity contribution is 0.145. The number of nitrogens with one attached hydrogen (secondary N) is 2. The normalized spacial score (nSPS) is 15.8. The minimum atomic E-state index is -2.62. The van der Waals surface area contributed by atoms with Crippen molar-refractivity contribution in [2.75, 3.05) is 18.4 Å². The van der Waals surface area contributed by atoms with E-state index in [1.54, 1.807) is 10.6 Å². The third kappa shape index (κ3) is 3.30. The third-order valence-electron chi connectivity index (χ3n) is 4.34. The number of piperidine rings is 1. The van der Waals surface area contributed by atoms with Crippen LogP contribution in [0.1, 0.15) is 25.0 Å². The lowest BCUT2D eigenvalue weighted by atomic mass is 10.1. The van der Waals surface area contributed by atoms with Crippen molar-refractivity contribution in [3.8, 4) is 11.4 Å². The van der Waals surface area contributed by atoms with E-state index in [0.29, 0.717) is 23.1 Å². The van der Waals surface area contributed by atoms with Crippen LogP contribution >= 0.6 is 0 Å². The van der Waals surface area contributed by atoms with E-state index < -0.39 is 6.43 Å². The molecule has 2 N–H and O–H groups in total. The predicted octanol–water partition coefficient (Wildman–Crippen LogP) is 2.89. The Morgan fingerprint density at radius 2 is 2.00 bits per heavy atom. The van der Waals surface area contributed by atoms with E-state index in [4.69, 9.17) is 0 Å². The molecule has 25 heavy (non-hydrogen) atoms. The average molecular weight is 344 g/mol. The SMILES string of the molecule is FC(F)c1cn2c(-c3cccc(NC4CCNCC4)n3)cnc2cn1. The number of anilines is 1. The molecule has 3 aromatic heterocycles. The Morgan fingerprint density at radius 1 is 1.16 bits per heavy atom. The van der Waals surface area contributed by atoms with Gasteiger partial charge in [-0.15, -0.1) is 0 Å². The number of nitrogens with zero attached hydrogens (tertiary/aromatic N) is 4. The smallest absolute Gasteiger partial charge is 0.281 e. The second kappa shape index (κ2) is 6.72. The molecule has 1 saturated heterocycles. The Hall–Kier alpha value is -2.61.